The molecule has 0 saturated carbocycles. The number of H-pyrrole nitrogens is 1. The number of rotatable bonds is 1. The summed E-state index contributed by atoms with van der Waals surface area (Å²) in [6.45, 7) is 0. The van der Waals surface area contributed by atoms with E-state index in [-0.39, 0.29) is 0 Å². The molecule has 3 heteroatoms. The van der Waals surface area contributed by atoms with Gasteiger partial charge in [0.1, 0.15) is 0 Å². The molecule has 0 spiro atoms. The minimum absolute atomic E-state index is 1.07. The van der Waals surface area contributed by atoms with Crippen molar-refractivity contribution in [3.05, 3.63) is 42.7 Å². The summed E-state index contributed by atoms with van der Waals surface area (Å²) in [5.41, 5.74) is 2.45. The van der Waals surface area contributed by atoms with Gasteiger partial charge in [-0.05, 0) is 18.0 Å². The Hall–Kier alpha value is -1.35. The summed E-state index contributed by atoms with van der Waals surface area (Å²) in [7, 11) is 0. The number of benzene rings is 1. The fourth-order valence-corrected chi connectivity index (χ4v) is 2.49. The molecule has 14 heavy (non-hydrogen) atoms. The first kappa shape index (κ1) is 8.00. The molecule has 1 aliphatic rings. The maximum absolute atomic E-state index is 3.28. The van der Waals surface area contributed by atoms with Crippen molar-refractivity contribution in [2.75, 3.05) is 10.1 Å². The van der Waals surface area contributed by atoms with Crippen LogP contribution in [-0.2, 0) is 0 Å². The lowest BCUT2D eigenvalue weighted by Crippen LogP contribution is -1.99. The van der Waals surface area contributed by atoms with E-state index in [1.54, 1.807) is 0 Å². The predicted molar refractivity (Wildman–Crippen MR) is 62.4 cm³/mol. The average Bonchev–Trinajstić information content (AvgIpc) is 2.85. The Bertz CT molecular complexity index is 487. The highest BCUT2D eigenvalue weighted by molar-refractivity contribution is 8.01. The summed E-state index contributed by atoms with van der Waals surface area (Å²) < 4.78 is 2.21. The van der Waals surface area contributed by atoms with Crippen LogP contribution in [0.3, 0.4) is 0 Å². The topological polar surface area (TPSA) is 19.0 Å². The summed E-state index contributed by atoms with van der Waals surface area (Å²) >= 11 is 1.82. The van der Waals surface area contributed by atoms with E-state index >= 15 is 0 Å². The van der Waals surface area contributed by atoms with Crippen molar-refractivity contribution in [1.82, 2.24) is 4.98 Å². The van der Waals surface area contributed by atoms with Crippen LogP contribution in [0.1, 0.15) is 0 Å². The molecule has 0 radical (unpaired) electrons. The predicted octanol–water partition coefficient (Wildman–Crippen LogP) is 3.15. The van der Waals surface area contributed by atoms with E-state index in [0.717, 1.165) is 5.75 Å². The first-order valence-corrected chi connectivity index (χ1v) is 5.54. The van der Waals surface area contributed by atoms with E-state index in [4.69, 9.17) is 0 Å². The number of aromatic nitrogens is 1. The van der Waals surface area contributed by atoms with E-state index in [2.05, 4.69) is 52.0 Å². The molecule has 2 nitrogen and oxygen atoms in total. The molecular formula is C11H10N2S. The van der Waals surface area contributed by atoms with Gasteiger partial charge in [-0.1, -0.05) is 24.3 Å². The molecule has 0 unspecified atom stereocenters. The zero-order chi connectivity index (χ0) is 9.38. The number of aromatic amines is 1. The zero-order valence-electron chi connectivity index (χ0n) is 7.60. The molecule has 0 saturated heterocycles. The lowest BCUT2D eigenvalue weighted by atomic mass is 10.2. The lowest BCUT2D eigenvalue weighted by molar-refractivity contribution is 1.43. The van der Waals surface area contributed by atoms with Crippen LogP contribution in [0.2, 0.25) is 0 Å². The van der Waals surface area contributed by atoms with Gasteiger partial charge in [-0.2, -0.15) is 0 Å². The summed E-state index contributed by atoms with van der Waals surface area (Å²) in [4.78, 5) is 3.28. The van der Waals surface area contributed by atoms with E-state index in [1.165, 1.54) is 16.6 Å². The highest BCUT2D eigenvalue weighted by Crippen LogP contribution is 2.33. The van der Waals surface area contributed by atoms with Crippen molar-refractivity contribution in [2.24, 2.45) is 0 Å². The number of hydrogen-bond acceptors (Lipinski definition) is 2. The summed E-state index contributed by atoms with van der Waals surface area (Å²) in [5.74, 6) is 1.07. The highest BCUT2D eigenvalue weighted by Gasteiger charge is 2.12. The molecule has 1 aliphatic heterocycles. The number of nitrogens with one attached hydrogen (secondary N) is 1. The lowest BCUT2D eigenvalue weighted by Gasteiger charge is -2.11. The molecular weight excluding hydrogens is 192 g/mol. The zero-order valence-corrected chi connectivity index (χ0v) is 8.42. The van der Waals surface area contributed by atoms with Crippen molar-refractivity contribution >= 4 is 28.5 Å². The van der Waals surface area contributed by atoms with Gasteiger partial charge in [-0.3, -0.25) is 4.31 Å². The molecule has 3 rings (SSSR count). The van der Waals surface area contributed by atoms with Crippen LogP contribution < -0.4 is 4.31 Å². The van der Waals surface area contributed by atoms with Crippen molar-refractivity contribution in [3.8, 4) is 0 Å². The SMILES string of the molecule is C1=CN(c2c[nH]c3ccccc23)SC1. The maximum atomic E-state index is 3.28. The van der Waals surface area contributed by atoms with E-state index in [9.17, 15) is 0 Å². The molecule has 1 aromatic carbocycles. The van der Waals surface area contributed by atoms with Crippen molar-refractivity contribution in [2.45, 2.75) is 0 Å². The second-order valence-corrected chi connectivity index (χ2v) is 4.21. The molecule has 70 valence electrons. The smallest absolute Gasteiger partial charge is 0.0771 e. The first-order valence-electron chi connectivity index (χ1n) is 4.60. The highest BCUT2D eigenvalue weighted by atomic mass is 32.2. The van der Waals surface area contributed by atoms with Gasteiger partial charge in [0.2, 0.25) is 0 Å². The Morgan fingerprint density at radius 1 is 1.29 bits per heavy atom. The Morgan fingerprint density at radius 2 is 2.21 bits per heavy atom. The van der Waals surface area contributed by atoms with Gasteiger partial charge < -0.3 is 4.98 Å². The number of hydrogen-bond donors (Lipinski definition) is 1. The van der Waals surface area contributed by atoms with Crippen molar-refractivity contribution in [3.63, 3.8) is 0 Å². The van der Waals surface area contributed by atoms with Gasteiger partial charge >= 0.3 is 0 Å². The molecule has 2 heterocycles. The Kier molecular flexibility index (Phi) is 1.77. The molecule has 0 bridgehead atoms. The van der Waals surface area contributed by atoms with E-state index < -0.39 is 0 Å². The fraction of sp³-hybridized carbons (Fsp3) is 0.0909. The summed E-state index contributed by atoms with van der Waals surface area (Å²) in [6.07, 6.45) is 6.36. The third-order valence-corrected chi connectivity index (χ3v) is 3.29. The van der Waals surface area contributed by atoms with E-state index in [1.807, 2.05) is 11.9 Å². The summed E-state index contributed by atoms with van der Waals surface area (Å²) in [6, 6.07) is 8.37. The number of nitrogens with zero attached hydrogens (tertiary/aromatic N) is 1. The van der Waals surface area contributed by atoms with Crippen LogP contribution in [-0.4, -0.2) is 10.7 Å². The largest absolute Gasteiger partial charge is 0.359 e. The van der Waals surface area contributed by atoms with Gasteiger partial charge in [0.25, 0.3) is 0 Å². The molecule has 1 aromatic heterocycles. The van der Waals surface area contributed by atoms with Gasteiger partial charge in [0, 0.05) is 29.1 Å². The van der Waals surface area contributed by atoms with Crippen LogP contribution >= 0.6 is 11.9 Å². The molecule has 1 N–H and O–H groups in total. The number of fused-ring (bicyclic) bond motifs is 1. The normalized spacial score (nSPS) is 15.6. The minimum Gasteiger partial charge on any atom is -0.359 e. The molecule has 0 fully saturated rings. The average molecular weight is 202 g/mol. The standard InChI is InChI=1S/C11H10N2S/c1-2-5-10-9(4-1)11(8-12-10)13-6-3-7-14-13/h1-6,8,12H,7H2. The second-order valence-electron chi connectivity index (χ2n) is 3.23. The van der Waals surface area contributed by atoms with Crippen molar-refractivity contribution in [1.29, 1.82) is 0 Å². The fourth-order valence-electron chi connectivity index (χ4n) is 1.69. The molecule has 0 aliphatic carbocycles. The van der Waals surface area contributed by atoms with Gasteiger partial charge in [-0.25, -0.2) is 0 Å². The van der Waals surface area contributed by atoms with Gasteiger partial charge in [0.15, 0.2) is 0 Å². The van der Waals surface area contributed by atoms with Crippen LogP contribution in [0.15, 0.2) is 42.7 Å². The minimum atomic E-state index is 1.07. The Morgan fingerprint density at radius 3 is 3.07 bits per heavy atom. The second kappa shape index (κ2) is 3.10. The summed E-state index contributed by atoms with van der Waals surface area (Å²) in [5, 5.41) is 1.28. The van der Waals surface area contributed by atoms with Gasteiger partial charge in [0.05, 0.1) is 5.69 Å². The van der Waals surface area contributed by atoms with Gasteiger partial charge in [-0.15, -0.1) is 0 Å². The molecule has 0 atom stereocenters. The van der Waals surface area contributed by atoms with E-state index in [0.29, 0.717) is 0 Å². The third kappa shape index (κ3) is 1.13. The molecule has 2 aromatic rings. The third-order valence-electron chi connectivity index (χ3n) is 2.36. The first-order chi connectivity index (χ1) is 6.95. The van der Waals surface area contributed by atoms with Crippen molar-refractivity contribution < 1.29 is 0 Å². The quantitative estimate of drug-likeness (QED) is 0.716. The van der Waals surface area contributed by atoms with Crippen LogP contribution in [0, 0.1) is 0 Å². The maximum Gasteiger partial charge on any atom is 0.0771 e. The Balaban J connectivity index is 2.16. The Labute approximate surface area is 86.7 Å². The number of para-hydroxylation sites is 1. The van der Waals surface area contributed by atoms with Crippen LogP contribution in [0.25, 0.3) is 10.9 Å². The monoisotopic (exact) mass is 202 g/mol. The number of anilines is 1. The molecule has 0 amide bonds. The van der Waals surface area contributed by atoms with Crippen LogP contribution in [0.5, 0.6) is 0 Å². The van der Waals surface area contributed by atoms with Crippen LogP contribution in [0.4, 0.5) is 5.69 Å².